The zero-order valence-corrected chi connectivity index (χ0v) is 8.52. The fourth-order valence-electron chi connectivity index (χ4n) is 1.50. The van der Waals surface area contributed by atoms with E-state index in [1.165, 1.54) is 16.3 Å². The fourth-order valence-corrected chi connectivity index (χ4v) is 1.68. The van der Waals surface area contributed by atoms with Crippen molar-refractivity contribution in [2.75, 3.05) is 0 Å². The molecule has 0 fully saturated rings. The molecule has 0 spiro atoms. The third-order valence-corrected chi connectivity index (χ3v) is 2.68. The number of aryl methyl sites for hydroxylation is 2. The van der Waals surface area contributed by atoms with Gasteiger partial charge in [0.1, 0.15) is 0 Å². The first-order chi connectivity index (χ1) is 6.16. The Morgan fingerprint density at radius 3 is 2.46 bits per heavy atom. The Hall–Kier alpha value is -1.01. The highest BCUT2D eigenvalue weighted by Gasteiger charge is 1.98. The van der Waals surface area contributed by atoms with Gasteiger partial charge in [0.25, 0.3) is 0 Å². The molecule has 0 atom stereocenters. The van der Waals surface area contributed by atoms with Crippen LogP contribution in [0.25, 0.3) is 10.8 Å². The maximum atomic E-state index is 6.04. The Labute approximate surface area is 83.1 Å². The predicted molar refractivity (Wildman–Crippen MR) is 58.4 cm³/mol. The van der Waals surface area contributed by atoms with Crippen molar-refractivity contribution in [2.24, 2.45) is 0 Å². The standard InChI is InChI=1S/C12H11Cl/c1-8-3-4-10-6-9(2)12(13)7-11(10)5-8/h3-7H,1-2H3. The number of fused-ring (bicyclic) bond motifs is 1. The van der Waals surface area contributed by atoms with Gasteiger partial charge in [0.15, 0.2) is 0 Å². The first-order valence-electron chi connectivity index (χ1n) is 4.33. The van der Waals surface area contributed by atoms with Gasteiger partial charge in [0.2, 0.25) is 0 Å². The zero-order chi connectivity index (χ0) is 9.42. The number of hydrogen-bond acceptors (Lipinski definition) is 0. The molecule has 0 nitrogen and oxygen atoms in total. The van der Waals surface area contributed by atoms with Crippen LogP contribution in [0.4, 0.5) is 0 Å². The van der Waals surface area contributed by atoms with E-state index < -0.39 is 0 Å². The van der Waals surface area contributed by atoms with Crippen molar-refractivity contribution in [3.63, 3.8) is 0 Å². The minimum atomic E-state index is 0.845. The van der Waals surface area contributed by atoms with Crippen molar-refractivity contribution in [1.82, 2.24) is 0 Å². The molecular formula is C12H11Cl. The molecule has 0 N–H and O–H groups in total. The van der Waals surface area contributed by atoms with Crippen LogP contribution in [0, 0.1) is 13.8 Å². The molecule has 2 rings (SSSR count). The summed E-state index contributed by atoms with van der Waals surface area (Å²) in [7, 11) is 0. The highest BCUT2D eigenvalue weighted by atomic mass is 35.5. The molecule has 66 valence electrons. The molecule has 0 saturated heterocycles. The van der Waals surface area contributed by atoms with Crippen molar-refractivity contribution in [3.8, 4) is 0 Å². The molecule has 0 saturated carbocycles. The molecule has 0 radical (unpaired) electrons. The van der Waals surface area contributed by atoms with Gasteiger partial charge in [-0.15, -0.1) is 0 Å². The number of rotatable bonds is 0. The lowest BCUT2D eigenvalue weighted by molar-refractivity contribution is 1.47. The second kappa shape index (κ2) is 3.04. The average molecular weight is 191 g/mol. The lowest BCUT2D eigenvalue weighted by atomic mass is 10.1. The normalized spacial score (nSPS) is 10.7. The van der Waals surface area contributed by atoms with Crippen LogP contribution in [0.5, 0.6) is 0 Å². The van der Waals surface area contributed by atoms with Gasteiger partial charge in [-0.25, -0.2) is 0 Å². The second-order valence-corrected chi connectivity index (χ2v) is 3.86. The minimum absolute atomic E-state index is 0.845. The predicted octanol–water partition coefficient (Wildman–Crippen LogP) is 4.11. The van der Waals surface area contributed by atoms with Crippen molar-refractivity contribution in [2.45, 2.75) is 13.8 Å². The Balaban J connectivity index is 2.81. The van der Waals surface area contributed by atoms with Crippen molar-refractivity contribution in [3.05, 3.63) is 46.5 Å². The summed E-state index contributed by atoms with van der Waals surface area (Å²) in [4.78, 5) is 0. The van der Waals surface area contributed by atoms with Crippen molar-refractivity contribution >= 4 is 22.4 Å². The first-order valence-corrected chi connectivity index (χ1v) is 4.71. The van der Waals surface area contributed by atoms with Crippen LogP contribution < -0.4 is 0 Å². The van der Waals surface area contributed by atoms with Gasteiger partial charge in [0.05, 0.1) is 0 Å². The van der Waals surface area contributed by atoms with E-state index >= 15 is 0 Å². The summed E-state index contributed by atoms with van der Waals surface area (Å²) in [5, 5.41) is 3.32. The number of hydrogen-bond donors (Lipinski definition) is 0. The van der Waals surface area contributed by atoms with Crippen LogP contribution in [0.1, 0.15) is 11.1 Å². The molecule has 0 aliphatic heterocycles. The quantitative estimate of drug-likeness (QED) is 0.587. The van der Waals surface area contributed by atoms with Crippen molar-refractivity contribution < 1.29 is 0 Å². The van der Waals surface area contributed by atoms with Gasteiger partial charge in [0, 0.05) is 5.02 Å². The fraction of sp³-hybridized carbons (Fsp3) is 0.167. The number of benzene rings is 2. The van der Waals surface area contributed by atoms with E-state index in [2.05, 4.69) is 31.2 Å². The van der Waals surface area contributed by atoms with E-state index in [0.717, 1.165) is 10.6 Å². The first kappa shape index (κ1) is 8.58. The third kappa shape index (κ3) is 1.54. The largest absolute Gasteiger partial charge is 0.0840 e. The minimum Gasteiger partial charge on any atom is -0.0840 e. The summed E-state index contributed by atoms with van der Waals surface area (Å²) < 4.78 is 0. The molecule has 0 aliphatic carbocycles. The summed E-state index contributed by atoms with van der Waals surface area (Å²) >= 11 is 6.04. The van der Waals surface area contributed by atoms with Gasteiger partial charge in [-0.2, -0.15) is 0 Å². The Kier molecular flexibility index (Phi) is 2.01. The molecule has 0 aliphatic rings. The highest BCUT2D eigenvalue weighted by molar-refractivity contribution is 6.32. The van der Waals surface area contributed by atoms with Gasteiger partial charge in [-0.05, 0) is 42.3 Å². The maximum absolute atomic E-state index is 6.04. The average Bonchev–Trinajstić information content (AvgIpc) is 2.08. The van der Waals surface area contributed by atoms with E-state index in [1.54, 1.807) is 0 Å². The lowest BCUT2D eigenvalue weighted by Crippen LogP contribution is -1.79. The molecule has 1 heteroatoms. The summed E-state index contributed by atoms with van der Waals surface area (Å²) in [6.07, 6.45) is 0. The summed E-state index contributed by atoms with van der Waals surface area (Å²) in [6, 6.07) is 10.6. The SMILES string of the molecule is Cc1ccc2cc(C)c(Cl)cc2c1. The van der Waals surface area contributed by atoms with Gasteiger partial charge < -0.3 is 0 Å². The molecular weight excluding hydrogens is 180 g/mol. The zero-order valence-electron chi connectivity index (χ0n) is 7.76. The number of halogens is 1. The Morgan fingerprint density at radius 2 is 1.69 bits per heavy atom. The van der Waals surface area contributed by atoms with E-state index in [4.69, 9.17) is 11.6 Å². The molecule has 0 bridgehead atoms. The van der Waals surface area contributed by atoms with E-state index in [9.17, 15) is 0 Å². The Bertz CT molecular complexity index is 458. The van der Waals surface area contributed by atoms with Crippen molar-refractivity contribution in [1.29, 1.82) is 0 Å². The van der Waals surface area contributed by atoms with Crippen LogP contribution in [-0.2, 0) is 0 Å². The highest BCUT2D eigenvalue weighted by Crippen LogP contribution is 2.23. The van der Waals surface area contributed by atoms with Crippen LogP contribution in [0.3, 0.4) is 0 Å². The molecule has 0 aromatic heterocycles. The Morgan fingerprint density at radius 1 is 0.923 bits per heavy atom. The molecule has 13 heavy (non-hydrogen) atoms. The van der Waals surface area contributed by atoms with Gasteiger partial charge >= 0.3 is 0 Å². The maximum Gasteiger partial charge on any atom is 0.0441 e. The lowest BCUT2D eigenvalue weighted by Gasteiger charge is -2.02. The van der Waals surface area contributed by atoms with Gasteiger partial charge in [-0.3, -0.25) is 0 Å². The van der Waals surface area contributed by atoms with Gasteiger partial charge in [-0.1, -0.05) is 35.4 Å². The molecule has 2 aromatic carbocycles. The van der Waals surface area contributed by atoms with E-state index in [-0.39, 0.29) is 0 Å². The molecule has 2 aromatic rings. The molecule has 0 amide bonds. The topological polar surface area (TPSA) is 0 Å². The second-order valence-electron chi connectivity index (χ2n) is 3.45. The summed E-state index contributed by atoms with van der Waals surface area (Å²) in [6.45, 7) is 4.12. The molecule has 0 unspecified atom stereocenters. The third-order valence-electron chi connectivity index (χ3n) is 2.27. The van der Waals surface area contributed by atoms with Crippen LogP contribution in [0.2, 0.25) is 5.02 Å². The van der Waals surface area contributed by atoms with Crippen LogP contribution in [-0.4, -0.2) is 0 Å². The van der Waals surface area contributed by atoms with E-state index in [0.29, 0.717) is 0 Å². The van der Waals surface area contributed by atoms with Crippen LogP contribution in [0.15, 0.2) is 30.3 Å². The molecule has 0 heterocycles. The monoisotopic (exact) mass is 190 g/mol. The smallest absolute Gasteiger partial charge is 0.0441 e. The van der Waals surface area contributed by atoms with Crippen LogP contribution >= 0.6 is 11.6 Å². The van der Waals surface area contributed by atoms with E-state index in [1.807, 2.05) is 13.0 Å². The summed E-state index contributed by atoms with van der Waals surface area (Å²) in [5.74, 6) is 0. The summed E-state index contributed by atoms with van der Waals surface area (Å²) in [5.41, 5.74) is 2.41.